The predicted octanol–water partition coefficient (Wildman–Crippen LogP) is 3.39. The number of aryl methyl sites for hydroxylation is 2. The molecule has 0 saturated carbocycles. The van der Waals surface area contributed by atoms with Gasteiger partial charge in [-0.25, -0.2) is 8.42 Å². The summed E-state index contributed by atoms with van der Waals surface area (Å²) in [7, 11) is -3.42. The largest absolute Gasteiger partial charge is 0.325 e. The zero-order valence-electron chi connectivity index (χ0n) is 15.3. The van der Waals surface area contributed by atoms with Crippen molar-refractivity contribution in [3.8, 4) is 0 Å². The highest BCUT2D eigenvalue weighted by atomic mass is 32.2. The van der Waals surface area contributed by atoms with Gasteiger partial charge in [-0.15, -0.1) is 0 Å². The van der Waals surface area contributed by atoms with Crippen LogP contribution in [-0.2, 0) is 14.8 Å². The molecule has 0 radical (unpaired) electrons. The third-order valence-electron chi connectivity index (χ3n) is 4.65. The van der Waals surface area contributed by atoms with Crippen LogP contribution in [0.5, 0.6) is 0 Å². The molecule has 25 heavy (non-hydrogen) atoms. The van der Waals surface area contributed by atoms with Crippen LogP contribution >= 0.6 is 0 Å². The van der Waals surface area contributed by atoms with Crippen molar-refractivity contribution >= 4 is 21.6 Å². The Morgan fingerprint density at radius 1 is 1.20 bits per heavy atom. The van der Waals surface area contributed by atoms with Crippen LogP contribution in [0.3, 0.4) is 0 Å². The molecule has 1 aliphatic rings. The molecule has 0 bridgehead atoms. The summed E-state index contributed by atoms with van der Waals surface area (Å²) in [6.07, 6.45) is 8.54. The van der Waals surface area contributed by atoms with E-state index < -0.39 is 10.0 Å². The maximum Gasteiger partial charge on any atom is 0.239 e. The standard InChI is InChI=1S/C19H28N2O3S/c1-15-9-10-18(13-16(15)2)20-19(22)14-21(25(3,23)24)12-11-17-7-5-4-6-8-17/h7,9-10,13H,4-6,8,11-12,14H2,1-3H3,(H,20,22). The SMILES string of the molecule is Cc1ccc(NC(=O)CN(CCC2=CCCCC2)S(C)(=O)=O)cc1C. The molecule has 0 aromatic heterocycles. The summed E-state index contributed by atoms with van der Waals surface area (Å²) in [4.78, 5) is 12.3. The second-order valence-corrected chi connectivity index (χ2v) is 8.78. The first kappa shape index (κ1) is 19.7. The lowest BCUT2D eigenvalue weighted by Crippen LogP contribution is -2.38. The number of sulfonamides is 1. The first-order valence-electron chi connectivity index (χ1n) is 8.76. The number of carbonyl (C=O) groups is 1. The van der Waals surface area contributed by atoms with Gasteiger partial charge in [0.1, 0.15) is 0 Å². The minimum Gasteiger partial charge on any atom is -0.325 e. The maximum absolute atomic E-state index is 12.3. The van der Waals surface area contributed by atoms with Gasteiger partial charge in [-0.3, -0.25) is 4.79 Å². The highest BCUT2D eigenvalue weighted by Gasteiger charge is 2.20. The van der Waals surface area contributed by atoms with Crippen LogP contribution < -0.4 is 5.32 Å². The van der Waals surface area contributed by atoms with Gasteiger partial charge in [-0.05, 0) is 69.2 Å². The second kappa shape index (κ2) is 8.63. The number of anilines is 1. The van der Waals surface area contributed by atoms with Crippen LogP contribution in [0.15, 0.2) is 29.8 Å². The fraction of sp³-hybridized carbons (Fsp3) is 0.526. The highest BCUT2D eigenvalue weighted by molar-refractivity contribution is 7.88. The zero-order chi connectivity index (χ0) is 18.4. The molecular weight excluding hydrogens is 336 g/mol. The van der Waals surface area contributed by atoms with Crippen molar-refractivity contribution in [2.45, 2.75) is 46.0 Å². The van der Waals surface area contributed by atoms with E-state index in [2.05, 4.69) is 11.4 Å². The van der Waals surface area contributed by atoms with Gasteiger partial charge in [0.25, 0.3) is 0 Å². The van der Waals surface area contributed by atoms with E-state index in [-0.39, 0.29) is 12.5 Å². The molecule has 1 aliphatic carbocycles. The van der Waals surface area contributed by atoms with Crippen molar-refractivity contribution in [1.82, 2.24) is 4.31 Å². The smallest absolute Gasteiger partial charge is 0.239 e. The summed E-state index contributed by atoms with van der Waals surface area (Å²) in [5.74, 6) is -0.314. The average molecular weight is 365 g/mol. The number of carbonyl (C=O) groups excluding carboxylic acids is 1. The number of amides is 1. The summed E-state index contributed by atoms with van der Waals surface area (Å²) >= 11 is 0. The molecule has 1 amide bonds. The van der Waals surface area contributed by atoms with Gasteiger partial charge in [-0.1, -0.05) is 17.7 Å². The van der Waals surface area contributed by atoms with Crippen molar-refractivity contribution < 1.29 is 13.2 Å². The summed E-state index contributed by atoms with van der Waals surface area (Å²) in [5.41, 5.74) is 4.23. The monoisotopic (exact) mass is 364 g/mol. The minimum atomic E-state index is -3.42. The Morgan fingerprint density at radius 3 is 2.56 bits per heavy atom. The summed E-state index contributed by atoms with van der Waals surface area (Å²) in [6, 6.07) is 5.66. The van der Waals surface area contributed by atoms with E-state index >= 15 is 0 Å². The molecule has 6 heteroatoms. The van der Waals surface area contributed by atoms with Crippen molar-refractivity contribution in [3.63, 3.8) is 0 Å². The molecule has 0 saturated heterocycles. The van der Waals surface area contributed by atoms with Crippen LogP contribution in [0.4, 0.5) is 5.69 Å². The van der Waals surface area contributed by atoms with Gasteiger partial charge < -0.3 is 5.32 Å². The quantitative estimate of drug-likeness (QED) is 0.754. The average Bonchev–Trinajstić information content (AvgIpc) is 2.55. The first-order valence-corrected chi connectivity index (χ1v) is 10.6. The summed E-state index contributed by atoms with van der Waals surface area (Å²) in [5, 5.41) is 2.79. The molecule has 0 atom stereocenters. The van der Waals surface area contributed by atoms with Crippen LogP contribution in [0, 0.1) is 13.8 Å². The van der Waals surface area contributed by atoms with E-state index in [0.29, 0.717) is 18.7 Å². The molecule has 0 unspecified atom stereocenters. The van der Waals surface area contributed by atoms with Gasteiger partial charge in [0.2, 0.25) is 15.9 Å². The molecule has 1 aromatic rings. The van der Waals surface area contributed by atoms with E-state index in [1.807, 2.05) is 32.0 Å². The third-order valence-corrected chi connectivity index (χ3v) is 5.90. The molecular formula is C19H28N2O3S. The highest BCUT2D eigenvalue weighted by Crippen LogP contribution is 2.21. The van der Waals surface area contributed by atoms with E-state index in [4.69, 9.17) is 0 Å². The lowest BCUT2D eigenvalue weighted by atomic mass is 9.97. The lowest BCUT2D eigenvalue weighted by molar-refractivity contribution is -0.116. The predicted molar refractivity (Wildman–Crippen MR) is 102 cm³/mol. The van der Waals surface area contributed by atoms with Gasteiger partial charge in [0, 0.05) is 12.2 Å². The Bertz CT molecular complexity index is 754. The Kier molecular flexibility index (Phi) is 6.79. The number of nitrogens with one attached hydrogen (secondary N) is 1. The Balaban J connectivity index is 1.97. The third kappa shape index (κ3) is 6.29. The number of nitrogens with zero attached hydrogens (tertiary/aromatic N) is 1. The van der Waals surface area contributed by atoms with Crippen LogP contribution in [0.1, 0.15) is 43.2 Å². The molecule has 0 fully saturated rings. The number of hydrogen-bond acceptors (Lipinski definition) is 3. The lowest BCUT2D eigenvalue weighted by Gasteiger charge is -2.21. The van der Waals surface area contributed by atoms with Gasteiger partial charge in [0.05, 0.1) is 12.8 Å². The van der Waals surface area contributed by atoms with E-state index in [1.54, 1.807) is 0 Å². The molecule has 5 nitrogen and oxygen atoms in total. The van der Waals surface area contributed by atoms with Crippen molar-refractivity contribution in [2.24, 2.45) is 0 Å². The summed E-state index contributed by atoms with van der Waals surface area (Å²) < 4.78 is 25.3. The maximum atomic E-state index is 12.3. The molecule has 0 spiro atoms. The van der Waals surface area contributed by atoms with Gasteiger partial charge >= 0.3 is 0 Å². The second-order valence-electron chi connectivity index (χ2n) is 6.80. The zero-order valence-corrected chi connectivity index (χ0v) is 16.2. The number of benzene rings is 1. The van der Waals surface area contributed by atoms with E-state index in [1.165, 1.54) is 16.3 Å². The Morgan fingerprint density at radius 2 is 1.96 bits per heavy atom. The van der Waals surface area contributed by atoms with Crippen molar-refractivity contribution in [1.29, 1.82) is 0 Å². The minimum absolute atomic E-state index is 0.154. The van der Waals surface area contributed by atoms with Crippen molar-refractivity contribution in [3.05, 3.63) is 41.0 Å². The first-order chi connectivity index (χ1) is 11.8. The normalized spacial score (nSPS) is 15.1. The number of hydrogen-bond donors (Lipinski definition) is 1. The number of rotatable bonds is 7. The number of allylic oxidation sites excluding steroid dienone is 1. The van der Waals surface area contributed by atoms with Crippen LogP contribution in [0.2, 0.25) is 0 Å². The topological polar surface area (TPSA) is 66.5 Å². The van der Waals surface area contributed by atoms with Gasteiger partial charge in [-0.2, -0.15) is 4.31 Å². The van der Waals surface area contributed by atoms with E-state index in [9.17, 15) is 13.2 Å². The Labute approximate surface area is 151 Å². The van der Waals surface area contributed by atoms with Gasteiger partial charge in [0.15, 0.2) is 0 Å². The molecule has 1 aromatic carbocycles. The molecule has 1 N–H and O–H groups in total. The fourth-order valence-electron chi connectivity index (χ4n) is 2.94. The molecule has 0 aliphatic heterocycles. The summed E-state index contributed by atoms with van der Waals surface area (Å²) in [6.45, 7) is 4.18. The van der Waals surface area contributed by atoms with Crippen LogP contribution in [0.25, 0.3) is 0 Å². The van der Waals surface area contributed by atoms with E-state index in [0.717, 1.165) is 36.6 Å². The molecule has 138 valence electrons. The molecule has 2 rings (SSSR count). The van der Waals surface area contributed by atoms with Crippen molar-refractivity contribution in [2.75, 3.05) is 24.7 Å². The Hall–Kier alpha value is -1.66. The van der Waals surface area contributed by atoms with Crippen LogP contribution in [-0.4, -0.2) is 38.0 Å². The molecule has 0 heterocycles. The fourth-order valence-corrected chi connectivity index (χ4v) is 3.72.